The fourth-order valence-electron chi connectivity index (χ4n) is 2.91. The van der Waals surface area contributed by atoms with Crippen molar-refractivity contribution in [3.05, 3.63) is 71.5 Å². The zero-order valence-electron chi connectivity index (χ0n) is 17.1. The van der Waals surface area contributed by atoms with Crippen LogP contribution in [0.2, 0.25) is 0 Å². The van der Waals surface area contributed by atoms with Gasteiger partial charge in [0.05, 0.1) is 5.75 Å². The van der Waals surface area contributed by atoms with E-state index in [1.54, 1.807) is 30.0 Å². The van der Waals surface area contributed by atoms with Gasteiger partial charge in [-0.15, -0.1) is 11.8 Å². The average molecular weight is 417 g/mol. The molecule has 0 bridgehead atoms. The van der Waals surface area contributed by atoms with Crippen LogP contribution in [0.4, 0.5) is 4.39 Å². The van der Waals surface area contributed by atoms with E-state index in [1.807, 2.05) is 37.3 Å². The van der Waals surface area contributed by atoms with Crippen LogP contribution in [0.1, 0.15) is 31.4 Å². The van der Waals surface area contributed by atoms with Gasteiger partial charge in [-0.1, -0.05) is 55.5 Å². The largest absolute Gasteiger partial charge is 0.354 e. The van der Waals surface area contributed by atoms with Crippen LogP contribution in [0.3, 0.4) is 0 Å². The van der Waals surface area contributed by atoms with Crippen LogP contribution in [0.15, 0.2) is 54.6 Å². The highest BCUT2D eigenvalue weighted by Gasteiger charge is 2.25. The molecule has 2 rings (SSSR count). The average Bonchev–Trinajstić information content (AvgIpc) is 2.74. The number of hydrogen-bond acceptors (Lipinski definition) is 3. The fourth-order valence-corrected chi connectivity index (χ4v) is 3.81. The lowest BCUT2D eigenvalue weighted by Gasteiger charge is -2.28. The molecule has 0 heterocycles. The van der Waals surface area contributed by atoms with Crippen molar-refractivity contribution in [1.82, 2.24) is 10.2 Å². The Morgan fingerprint density at radius 2 is 1.79 bits per heavy atom. The maximum atomic E-state index is 13.8. The Bertz CT molecular complexity index is 785. The molecule has 4 nitrogen and oxygen atoms in total. The molecule has 0 radical (unpaired) electrons. The molecule has 1 atom stereocenters. The molecule has 0 spiro atoms. The van der Waals surface area contributed by atoms with Crippen LogP contribution in [0.5, 0.6) is 0 Å². The monoisotopic (exact) mass is 416 g/mol. The molecule has 1 N–H and O–H groups in total. The van der Waals surface area contributed by atoms with Crippen molar-refractivity contribution in [1.29, 1.82) is 0 Å². The van der Waals surface area contributed by atoms with E-state index in [0.29, 0.717) is 30.8 Å². The van der Waals surface area contributed by atoms with Gasteiger partial charge >= 0.3 is 0 Å². The van der Waals surface area contributed by atoms with E-state index in [-0.39, 0.29) is 23.4 Å². The van der Waals surface area contributed by atoms with Gasteiger partial charge in [0.2, 0.25) is 11.8 Å². The van der Waals surface area contributed by atoms with Crippen molar-refractivity contribution < 1.29 is 14.0 Å². The maximum Gasteiger partial charge on any atom is 0.242 e. The minimum absolute atomic E-state index is 0.110. The molecule has 156 valence electrons. The van der Waals surface area contributed by atoms with Gasteiger partial charge in [0.15, 0.2) is 0 Å². The first-order chi connectivity index (χ1) is 14.0. The van der Waals surface area contributed by atoms with Crippen LogP contribution < -0.4 is 5.32 Å². The van der Waals surface area contributed by atoms with Crippen molar-refractivity contribution in [3.63, 3.8) is 0 Å². The van der Waals surface area contributed by atoms with Crippen LogP contribution in [0, 0.1) is 5.82 Å². The van der Waals surface area contributed by atoms with Gasteiger partial charge in [0.1, 0.15) is 11.9 Å². The predicted octanol–water partition coefficient (Wildman–Crippen LogP) is 4.04. The van der Waals surface area contributed by atoms with Crippen molar-refractivity contribution in [3.8, 4) is 0 Å². The maximum absolute atomic E-state index is 13.8. The Morgan fingerprint density at radius 1 is 1.10 bits per heavy atom. The van der Waals surface area contributed by atoms with Crippen LogP contribution in [-0.4, -0.2) is 41.6 Å². The van der Waals surface area contributed by atoms with Crippen molar-refractivity contribution in [2.24, 2.45) is 0 Å². The Hall–Kier alpha value is -2.34. The molecule has 0 aliphatic rings. The van der Waals surface area contributed by atoms with E-state index < -0.39 is 6.04 Å². The molecule has 29 heavy (non-hydrogen) atoms. The minimum atomic E-state index is -0.549. The summed E-state index contributed by atoms with van der Waals surface area (Å²) < 4.78 is 13.8. The fraction of sp³-hybridized carbons (Fsp3) is 0.391. The van der Waals surface area contributed by atoms with Crippen molar-refractivity contribution >= 4 is 23.6 Å². The number of nitrogens with one attached hydrogen (secondary N) is 1. The van der Waals surface area contributed by atoms with E-state index in [0.717, 1.165) is 12.0 Å². The molecule has 0 unspecified atom stereocenters. The normalized spacial score (nSPS) is 11.7. The molecule has 6 heteroatoms. The first kappa shape index (κ1) is 22.9. The zero-order valence-corrected chi connectivity index (χ0v) is 17.9. The van der Waals surface area contributed by atoms with Gasteiger partial charge in [0.25, 0.3) is 0 Å². The number of halogens is 1. The molecule has 0 aliphatic carbocycles. The van der Waals surface area contributed by atoms with Gasteiger partial charge in [-0.2, -0.15) is 0 Å². The third kappa shape index (κ3) is 7.54. The molecule has 0 aromatic heterocycles. The smallest absolute Gasteiger partial charge is 0.242 e. The zero-order chi connectivity index (χ0) is 21.1. The molecule has 2 amide bonds. The number of rotatable bonds is 11. The predicted molar refractivity (Wildman–Crippen MR) is 117 cm³/mol. The first-order valence-electron chi connectivity index (χ1n) is 9.95. The van der Waals surface area contributed by atoms with Crippen molar-refractivity contribution in [2.45, 2.75) is 38.5 Å². The number of carbonyl (C=O) groups excluding carboxylic acids is 2. The Labute approximate surface area is 176 Å². The molecular formula is C23H29FN2O2S. The first-order valence-corrected chi connectivity index (χ1v) is 11.1. The van der Waals surface area contributed by atoms with E-state index >= 15 is 0 Å². The molecular weight excluding hydrogens is 387 g/mol. The summed E-state index contributed by atoms with van der Waals surface area (Å²) in [6.45, 7) is 4.80. The summed E-state index contributed by atoms with van der Waals surface area (Å²) in [4.78, 5) is 27.0. The quantitative estimate of drug-likeness (QED) is 0.601. The summed E-state index contributed by atoms with van der Waals surface area (Å²) >= 11 is 1.36. The van der Waals surface area contributed by atoms with Gasteiger partial charge in [0, 0.05) is 18.8 Å². The summed E-state index contributed by atoms with van der Waals surface area (Å²) in [6, 6.07) is 15.9. The summed E-state index contributed by atoms with van der Waals surface area (Å²) in [5.74, 6) is 0.102. The number of hydrogen-bond donors (Lipinski definition) is 1. The van der Waals surface area contributed by atoms with Crippen LogP contribution in [0.25, 0.3) is 0 Å². The number of carbonyl (C=O) groups is 2. The highest BCUT2D eigenvalue weighted by Crippen LogP contribution is 2.17. The number of thioether (sulfide) groups is 1. The van der Waals surface area contributed by atoms with Gasteiger partial charge in [-0.05, 0) is 37.0 Å². The van der Waals surface area contributed by atoms with E-state index in [4.69, 9.17) is 0 Å². The third-order valence-electron chi connectivity index (χ3n) is 4.64. The number of benzene rings is 2. The summed E-state index contributed by atoms with van der Waals surface area (Å²) in [5, 5.41) is 2.87. The molecule has 0 aliphatic heterocycles. The van der Waals surface area contributed by atoms with E-state index in [9.17, 15) is 14.0 Å². The third-order valence-corrected chi connectivity index (χ3v) is 5.61. The lowest BCUT2D eigenvalue weighted by molar-refractivity contribution is -0.137. The second-order valence-electron chi connectivity index (χ2n) is 6.87. The molecule has 2 aromatic carbocycles. The molecule has 0 fully saturated rings. The van der Waals surface area contributed by atoms with Gasteiger partial charge in [-0.25, -0.2) is 4.39 Å². The number of nitrogens with zero attached hydrogens (tertiary/aromatic N) is 1. The van der Waals surface area contributed by atoms with Gasteiger partial charge in [-0.3, -0.25) is 9.59 Å². The van der Waals surface area contributed by atoms with Crippen molar-refractivity contribution in [2.75, 3.05) is 18.8 Å². The highest BCUT2D eigenvalue weighted by atomic mass is 32.2. The summed E-state index contributed by atoms with van der Waals surface area (Å²) in [5.41, 5.74) is 1.69. The Kier molecular flexibility index (Phi) is 9.71. The van der Waals surface area contributed by atoms with Gasteiger partial charge < -0.3 is 10.2 Å². The van der Waals surface area contributed by atoms with E-state index in [1.165, 1.54) is 17.8 Å². The Balaban J connectivity index is 1.98. The summed E-state index contributed by atoms with van der Waals surface area (Å²) in [7, 11) is 0. The second kappa shape index (κ2) is 12.3. The highest BCUT2D eigenvalue weighted by molar-refractivity contribution is 7.99. The Morgan fingerprint density at radius 3 is 2.48 bits per heavy atom. The standard InChI is InChI=1S/C23H29FN2O2S/c1-3-14-25-23(28)18(2)26(15-13-19-9-5-4-6-10-19)22(27)17-29-16-20-11-7-8-12-21(20)24/h4-12,18H,3,13-17H2,1-2H3,(H,25,28)/t18-/m0/s1. The topological polar surface area (TPSA) is 49.4 Å². The lowest BCUT2D eigenvalue weighted by Crippen LogP contribution is -2.49. The van der Waals surface area contributed by atoms with Crippen LogP contribution >= 0.6 is 11.8 Å². The molecule has 2 aromatic rings. The van der Waals surface area contributed by atoms with Crippen LogP contribution in [-0.2, 0) is 21.8 Å². The molecule has 0 saturated heterocycles. The number of amides is 2. The SMILES string of the molecule is CCCNC(=O)[C@H](C)N(CCc1ccccc1)C(=O)CSCc1ccccc1F. The lowest BCUT2D eigenvalue weighted by atomic mass is 10.1. The minimum Gasteiger partial charge on any atom is -0.354 e. The second-order valence-corrected chi connectivity index (χ2v) is 7.86. The van der Waals surface area contributed by atoms with E-state index in [2.05, 4.69) is 5.32 Å². The molecule has 0 saturated carbocycles. The summed E-state index contributed by atoms with van der Waals surface area (Å²) in [6.07, 6.45) is 1.52.